The standard InChI is InChI=1S/C14H16N2O2.C2H6/c1-2-6-15-7-5-11-8-12(16(17)18)9-13(14(11)15)10-3-4-10;1-2/h5,7-10H,2-4,6H2,1H3;1-2H3. The largest absolute Gasteiger partial charge is 0.347 e. The van der Waals surface area contributed by atoms with E-state index in [4.69, 9.17) is 0 Å². The van der Waals surface area contributed by atoms with Crippen LogP contribution in [0.2, 0.25) is 0 Å². The fourth-order valence-electron chi connectivity index (χ4n) is 2.61. The van der Waals surface area contributed by atoms with Gasteiger partial charge < -0.3 is 4.57 Å². The lowest BCUT2D eigenvalue weighted by Gasteiger charge is -2.08. The quantitative estimate of drug-likeness (QED) is 0.590. The molecule has 108 valence electrons. The van der Waals surface area contributed by atoms with Crippen LogP contribution < -0.4 is 0 Å². The van der Waals surface area contributed by atoms with Crippen LogP contribution in [0.25, 0.3) is 10.9 Å². The summed E-state index contributed by atoms with van der Waals surface area (Å²) in [7, 11) is 0. The number of aromatic nitrogens is 1. The molecule has 0 bridgehead atoms. The van der Waals surface area contributed by atoms with Crippen LogP contribution in [0.15, 0.2) is 24.4 Å². The summed E-state index contributed by atoms with van der Waals surface area (Å²) in [6.07, 6.45) is 5.44. The van der Waals surface area contributed by atoms with Crippen LogP contribution in [0, 0.1) is 10.1 Å². The van der Waals surface area contributed by atoms with Crippen molar-refractivity contribution in [1.82, 2.24) is 4.57 Å². The molecule has 0 saturated heterocycles. The molecule has 1 fully saturated rings. The third-order valence-corrected chi connectivity index (χ3v) is 3.57. The molecule has 0 unspecified atom stereocenters. The molecule has 0 spiro atoms. The van der Waals surface area contributed by atoms with E-state index < -0.39 is 0 Å². The number of nitro benzene ring substituents is 1. The minimum Gasteiger partial charge on any atom is -0.347 e. The second kappa shape index (κ2) is 6.07. The van der Waals surface area contributed by atoms with Crippen molar-refractivity contribution in [3.8, 4) is 0 Å². The Bertz CT molecular complexity index is 612. The molecule has 1 aliphatic carbocycles. The van der Waals surface area contributed by atoms with Crippen LogP contribution in [-0.2, 0) is 6.54 Å². The van der Waals surface area contributed by atoms with E-state index in [0.717, 1.165) is 36.8 Å². The fraction of sp³-hybridized carbons (Fsp3) is 0.500. The van der Waals surface area contributed by atoms with Gasteiger partial charge in [0.05, 0.1) is 10.4 Å². The third-order valence-electron chi connectivity index (χ3n) is 3.57. The molecule has 3 rings (SSSR count). The van der Waals surface area contributed by atoms with Gasteiger partial charge in [-0.3, -0.25) is 10.1 Å². The number of benzene rings is 1. The molecule has 2 aromatic rings. The number of aryl methyl sites for hydroxylation is 1. The van der Waals surface area contributed by atoms with Gasteiger partial charge in [0, 0.05) is 30.3 Å². The third kappa shape index (κ3) is 2.69. The van der Waals surface area contributed by atoms with Gasteiger partial charge in [-0.15, -0.1) is 0 Å². The van der Waals surface area contributed by atoms with E-state index in [1.165, 1.54) is 5.52 Å². The van der Waals surface area contributed by atoms with E-state index in [1.807, 2.05) is 26.1 Å². The van der Waals surface area contributed by atoms with Crippen molar-refractivity contribution in [2.75, 3.05) is 0 Å². The van der Waals surface area contributed by atoms with Crippen LogP contribution >= 0.6 is 0 Å². The van der Waals surface area contributed by atoms with Gasteiger partial charge in [0.2, 0.25) is 0 Å². The second-order valence-corrected chi connectivity index (χ2v) is 5.01. The molecular formula is C16H22N2O2. The minimum absolute atomic E-state index is 0.221. The van der Waals surface area contributed by atoms with Gasteiger partial charge in [-0.05, 0) is 36.8 Å². The van der Waals surface area contributed by atoms with Crippen LogP contribution in [0.3, 0.4) is 0 Å². The average molecular weight is 274 g/mol. The van der Waals surface area contributed by atoms with Crippen molar-refractivity contribution in [2.24, 2.45) is 0 Å². The Morgan fingerprint density at radius 3 is 2.60 bits per heavy atom. The van der Waals surface area contributed by atoms with Gasteiger partial charge in [-0.1, -0.05) is 20.8 Å². The van der Waals surface area contributed by atoms with Crippen molar-refractivity contribution in [2.45, 2.75) is 52.5 Å². The first kappa shape index (κ1) is 14.6. The Hall–Kier alpha value is -1.84. The van der Waals surface area contributed by atoms with E-state index in [2.05, 4.69) is 11.5 Å². The lowest BCUT2D eigenvalue weighted by atomic mass is 10.1. The highest BCUT2D eigenvalue weighted by atomic mass is 16.6. The molecule has 4 heteroatoms. The predicted octanol–water partition coefficient (Wildman–Crippen LogP) is 4.86. The van der Waals surface area contributed by atoms with E-state index in [9.17, 15) is 10.1 Å². The first-order valence-electron chi connectivity index (χ1n) is 7.48. The first-order chi connectivity index (χ1) is 9.70. The van der Waals surface area contributed by atoms with Gasteiger partial charge in [-0.2, -0.15) is 0 Å². The second-order valence-electron chi connectivity index (χ2n) is 5.01. The Morgan fingerprint density at radius 2 is 2.05 bits per heavy atom. The topological polar surface area (TPSA) is 48.1 Å². The zero-order chi connectivity index (χ0) is 14.7. The Morgan fingerprint density at radius 1 is 1.35 bits per heavy atom. The Balaban J connectivity index is 0.000000704. The molecule has 20 heavy (non-hydrogen) atoms. The van der Waals surface area contributed by atoms with E-state index >= 15 is 0 Å². The van der Waals surface area contributed by atoms with Crippen LogP contribution in [0.1, 0.15) is 51.5 Å². The molecular weight excluding hydrogens is 252 g/mol. The molecule has 1 aromatic carbocycles. The summed E-state index contributed by atoms with van der Waals surface area (Å²) in [6, 6.07) is 5.45. The van der Waals surface area contributed by atoms with Gasteiger partial charge in [0.15, 0.2) is 0 Å². The van der Waals surface area contributed by atoms with E-state index in [0.29, 0.717) is 5.92 Å². The summed E-state index contributed by atoms with van der Waals surface area (Å²) in [5.41, 5.74) is 2.58. The number of nitrogens with zero attached hydrogens (tertiary/aromatic N) is 2. The lowest BCUT2D eigenvalue weighted by Crippen LogP contribution is -1.98. The maximum Gasteiger partial charge on any atom is 0.270 e. The van der Waals surface area contributed by atoms with Crippen molar-refractivity contribution in [1.29, 1.82) is 0 Å². The van der Waals surface area contributed by atoms with Gasteiger partial charge in [0.25, 0.3) is 5.69 Å². The highest BCUT2D eigenvalue weighted by molar-refractivity contribution is 5.86. The smallest absolute Gasteiger partial charge is 0.270 e. The van der Waals surface area contributed by atoms with E-state index in [1.54, 1.807) is 12.1 Å². The molecule has 0 atom stereocenters. The monoisotopic (exact) mass is 274 g/mol. The summed E-state index contributed by atoms with van der Waals surface area (Å²) in [5.74, 6) is 0.526. The van der Waals surface area contributed by atoms with Crippen molar-refractivity contribution < 1.29 is 4.92 Å². The summed E-state index contributed by atoms with van der Waals surface area (Å²) < 4.78 is 2.23. The first-order valence-corrected chi connectivity index (χ1v) is 7.48. The Kier molecular flexibility index (Phi) is 4.42. The van der Waals surface area contributed by atoms with Gasteiger partial charge >= 0.3 is 0 Å². The SMILES string of the molecule is CC.CCCn1ccc2cc([N+](=O)[O-])cc(C3CC3)c21. The molecule has 0 aliphatic heterocycles. The molecule has 4 nitrogen and oxygen atoms in total. The van der Waals surface area contributed by atoms with Crippen molar-refractivity contribution >= 4 is 16.6 Å². The normalized spacial score (nSPS) is 13.9. The van der Waals surface area contributed by atoms with Gasteiger partial charge in [-0.25, -0.2) is 0 Å². The highest BCUT2D eigenvalue weighted by Gasteiger charge is 2.28. The van der Waals surface area contributed by atoms with Gasteiger partial charge in [0.1, 0.15) is 0 Å². The number of nitro groups is 1. The molecule has 1 saturated carbocycles. The van der Waals surface area contributed by atoms with Crippen LogP contribution in [0.5, 0.6) is 0 Å². The number of hydrogen-bond acceptors (Lipinski definition) is 2. The predicted molar refractivity (Wildman–Crippen MR) is 82.2 cm³/mol. The average Bonchev–Trinajstić information content (AvgIpc) is 3.23. The molecule has 0 radical (unpaired) electrons. The molecule has 0 N–H and O–H groups in total. The van der Waals surface area contributed by atoms with Crippen molar-refractivity contribution in [3.05, 3.63) is 40.1 Å². The molecule has 1 heterocycles. The van der Waals surface area contributed by atoms with Crippen molar-refractivity contribution in [3.63, 3.8) is 0 Å². The number of non-ortho nitro benzene ring substituents is 1. The molecule has 0 amide bonds. The van der Waals surface area contributed by atoms with E-state index in [-0.39, 0.29) is 10.6 Å². The Labute approximate surface area is 119 Å². The molecule has 1 aromatic heterocycles. The number of hydrogen-bond donors (Lipinski definition) is 0. The van der Waals surface area contributed by atoms with Crippen LogP contribution in [0.4, 0.5) is 5.69 Å². The summed E-state index contributed by atoms with van der Waals surface area (Å²) in [6.45, 7) is 7.12. The summed E-state index contributed by atoms with van der Waals surface area (Å²) >= 11 is 0. The number of fused-ring (bicyclic) bond motifs is 1. The highest BCUT2D eigenvalue weighted by Crippen LogP contribution is 2.44. The number of rotatable bonds is 4. The maximum atomic E-state index is 11.0. The zero-order valence-electron chi connectivity index (χ0n) is 12.4. The lowest BCUT2D eigenvalue weighted by molar-refractivity contribution is -0.384. The summed E-state index contributed by atoms with van der Waals surface area (Å²) in [4.78, 5) is 10.7. The fourth-order valence-corrected chi connectivity index (χ4v) is 2.61. The van der Waals surface area contributed by atoms with Crippen LogP contribution in [-0.4, -0.2) is 9.49 Å². The maximum absolute atomic E-state index is 11.0. The molecule has 1 aliphatic rings. The summed E-state index contributed by atoms with van der Waals surface area (Å²) in [5, 5.41) is 12.0. The zero-order valence-corrected chi connectivity index (χ0v) is 12.4. The minimum atomic E-state index is -0.289.